The highest BCUT2D eigenvalue weighted by Crippen LogP contribution is 2.31. The average molecular weight is 301 g/mol. The lowest BCUT2D eigenvalue weighted by Gasteiger charge is -2.20. The number of hydrogen-bond donors (Lipinski definition) is 2. The third-order valence-electron chi connectivity index (χ3n) is 3.45. The third kappa shape index (κ3) is 2.85. The maximum absolute atomic E-state index is 12.9. The number of carboxylic acids is 1. The van der Waals surface area contributed by atoms with Crippen LogP contribution in [0.1, 0.15) is 13.3 Å². The van der Waals surface area contributed by atoms with E-state index in [1.807, 2.05) is 0 Å². The Morgan fingerprint density at radius 3 is 2.75 bits per heavy atom. The smallest absolute Gasteiger partial charge is 0.321 e. The number of anilines is 1. The number of carboxylic acid groups (broad SMARTS) is 1. The number of nitrogens with one attached hydrogen (secondary N) is 1. The maximum atomic E-state index is 12.9. The van der Waals surface area contributed by atoms with Crippen molar-refractivity contribution in [2.24, 2.45) is 5.41 Å². The second-order valence-electron chi connectivity index (χ2n) is 5.09. The second-order valence-corrected chi connectivity index (χ2v) is 5.50. The van der Waals surface area contributed by atoms with Gasteiger partial charge in [0.2, 0.25) is 0 Å². The lowest BCUT2D eigenvalue weighted by atomic mass is 9.90. The van der Waals surface area contributed by atoms with E-state index in [0.717, 1.165) is 6.07 Å². The summed E-state index contributed by atoms with van der Waals surface area (Å²) in [5, 5.41) is 11.8. The van der Waals surface area contributed by atoms with Crippen LogP contribution in [-0.4, -0.2) is 35.1 Å². The number of amides is 2. The van der Waals surface area contributed by atoms with Crippen molar-refractivity contribution in [2.45, 2.75) is 13.3 Å². The minimum Gasteiger partial charge on any atom is -0.481 e. The molecule has 1 saturated heterocycles. The van der Waals surface area contributed by atoms with Gasteiger partial charge in [-0.05, 0) is 31.5 Å². The molecule has 1 aliphatic rings. The fourth-order valence-corrected chi connectivity index (χ4v) is 2.31. The number of aliphatic carboxylic acids is 1. The van der Waals surface area contributed by atoms with Crippen LogP contribution >= 0.6 is 11.6 Å². The first-order valence-corrected chi connectivity index (χ1v) is 6.44. The summed E-state index contributed by atoms with van der Waals surface area (Å²) >= 11 is 5.82. The summed E-state index contributed by atoms with van der Waals surface area (Å²) in [5.41, 5.74) is -0.633. The van der Waals surface area contributed by atoms with Crippen molar-refractivity contribution in [3.05, 3.63) is 29.0 Å². The van der Waals surface area contributed by atoms with E-state index in [-0.39, 0.29) is 11.6 Å². The van der Waals surface area contributed by atoms with E-state index in [2.05, 4.69) is 5.32 Å². The van der Waals surface area contributed by atoms with Crippen LogP contribution in [0, 0.1) is 11.2 Å². The van der Waals surface area contributed by atoms with Crippen molar-refractivity contribution >= 4 is 29.3 Å². The molecule has 7 heteroatoms. The van der Waals surface area contributed by atoms with Crippen LogP contribution in [-0.2, 0) is 4.79 Å². The molecule has 108 valence electrons. The first kappa shape index (κ1) is 14.6. The van der Waals surface area contributed by atoms with E-state index in [1.165, 1.54) is 17.0 Å². The Morgan fingerprint density at radius 2 is 2.20 bits per heavy atom. The normalized spacial score (nSPS) is 21.9. The van der Waals surface area contributed by atoms with Crippen molar-refractivity contribution in [1.82, 2.24) is 4.90 Å². The molecule has 2 N–H and O–H groups in total. The molecule has 1 atom stereocenters. The molecule has 5 nitrogen and oxygen atoms in total. The van der Waals surface area contributed by atoms with E-state index >= 15 is 0 Å². The number of halogens is 2. The van der Waals surface area contributed by atoms with Gasteiger partial charge in [0.25, 0.3) is 0 Å². The Balaban J connectivity index is 2.05. The Bertz CT molecular complexity index is 567. The van der Waals surface area contributed by atoms with Crippen LogP contribution in [0.3, 0.4) is 0 Å². The predicted molar refractivity (Wildman–Crippen MR) is 72.4 cm³/mol. The van der Waals surface area contributed by atoms with Gasteiger partial charge in [-0.3, -0.25) is 4.79 Å². The molecule has 0 radical (unpaired) electrons. The Labute approximate surface area is 120 Å². The average Bonchev–Trinajstić information content (AvgIpc) is 2.77. The Hall–Kier alpha value is -1.82. The number of likely N-dealkylation sites (tertiary alicyclic amines) is 1. The second kappa shape index (κ2) is 5.28. The molecular weight excluding hydrogens is 287 g/mol. The van der Waals surface area contributed by atoms with Crippen molar-refractivity contribution in [2.75, 3.05) is 18.4 Å². The van der Waals surface area contributed by atoms with Gasteiger partial charge in [-0.15, -0.1) is 0 Å². The van der Waals surface area contributed by atoms with Gasteiger partial charge >= 0.3 is 12.0 Å². The van der Waals surface area contributed by atoms with Crippen molar-refractivity contribution in [1.29, 1.82) is 0 Å². The number of rotatable bonds is 2. The molecule has 20 heavy (non-hydrogen) atoms. The van der Waals surface area contributed by atoms with E-state index in [0.29, 0.717) is 18.7 Å². The standard InChI is InChI=1S/C13H14ClFN2O3/c1-13(11(18)19)4-5-17(7-13)12(20)16-10-3-2-8(15)6-9(10)14/h2-3,6H,4-5,7H2,1H3,(H,16,20)(H,18,19). The summed E-state index contributed by atoms with van der Waals surface area (Å²) < 4.78 is 12.9. The molecule has 0 aromatic heterocycles. The van der Waals surface area contributed by atoms with Gasteiger partial charge in [0.05, 0.1) is 16.1 Å². The van der Waals surface area contributed by atoms with Crippen LogP contribution in [0.15, 0.2) is 18.2 Å². The number of nitrogens with zero attached hydrogens (tertiary/aromatic N) is 1. The highest BCUT2D eigenvalue weighted by Gasteiger charge is 2.42. The summed E-state index contributed by atoms with van der Waals surface area (Å²) in [6.07, 6.45) is 0.396. The number of hydrogen-bond acceptors (Lipinski definition) is 2. The zero-order valence-electron chi connectivity index (χ0n) is 10.8. The van der Waals surface area contributed by atoms with Crippen LogP contribution in [0.25, 0.3) is 0 Å². The highest BCUT2D eigenvalue weighted by atomic mass is 35.5. The molecule has 1 heterocycles. The number of urea groups is 1. The first-order valence-electron chi connectivity index (χ1n) is 6.06. The molecule has 1 aromatic rings. The van der Waals surface area contributed by atoms with Gasteiger partial charge in [-0.2, -0.15) is 0 Å². The molecule has 1 fully saturated rings. The highest BCUT2D eigenvalue weighted by molar-refractivity contribution is 6.33. The van der Waals surface area contributed by atoms with E-state index in [1.54, 1.807) is 6.92 Å². The van der Waals surface area contributed by atoms with Gasteiger partial charge in [0.15, 0.2) is 0 Å². The summed E-state index contributed by atoms with van der Waals surface area (Å²) in [6.45, 7) is 2.09. The van der Waals surface area contributed by atoms with Crippen molar-refractivity contribution < 1.29 is 19.1 Å². The number of benzene rings is 1. The molecule has 1 aromatic carbocycles. The largest absolute Gasteiger partial charge is 0.481 e. The molecule has 0 aliphatic carbocycles. The molecule has 0 bridgehead atoms. The number of carbonyl (C=O) groups excluding carboxylic acids is 1. The van der Waals surface area contributed by atoms with Gasteiger partial charge in [0.1, 0.15) is 5.82 Å². The van der Waals surface area contributed by atoms with Crippen LogP contribution in [0.4, 0.5) is 14.9 Å². The van der Waals surface area contributed by atoms with Gasteiger partial charge in [-0.1, -0.05) is 11.6 Å². The first-order chi connectivity index (χ1) is 9.32. The number of carbonyl (C=O) groups is 2. The maximum Gasteiger partial charge on any atom is 0.321 e. The third-order valence-corrected chi connectivity index (χ3v) is 3.76. The molecular formula is C13H14ClFN2O3. The van der Waals surface area contributed by atoms with Crippen molar-refractivity contribution in [3.63, 3.8) is 0 Å². The van der Waals surface area contributed by atoms with Gasteiger partial charge in [-0.25, -0.2) is 9.18 Å². The zero-order chi connectivity index (χ0) is 14.9. The van der Waals surface area contributed by atoms with Crippen LogP contribution in [0.5, 0.6) is 0 Å². The molecule has 1 unspecified atom stereocenters. The minimum atomic E-state index is -0.927. The van der Waals surface area contributed by atoms with E-state index in [4.69, 9.17) is 16.7 Å². The van der Waals surface area contributed by atoms with Gasteiger partial charge in [0, 0.05) is 13.1 Å². The van der Waals surface area contributed by atoms with Gasteiger partial charge < -0.3 is 15.3 Å². The fourth-order valence-electron chi connectivity index (χ4n) is 2.09. The summed E-state index contributed by atoms with van der Waals surface area (Å²) in [6, 6.07) is 3.21. The van der Waals surface area contributed by atoms with Crippen LogP contribution in [0.2, 0.25) is 5.02 Å². The topological polar surface area (TPSA) is 69.6 Å². The monoisotopic (exact) mass is 300 g/mol. The Kier molecular flexibility index (Phi) is 3.85. The molecule has 1 aliphatic heterocycles. The van der Waals surface area contributed by atoms with Crippen LogP contribution < -0.4 is 5.32 Å². The molecule has 0 saturated carbocycles. The predicted octanol–water partition coefficient (Wildman–Crippen LogP) is 2.81. The quantitative estimate of drug-likeness (QED) is 0.882. The zero-order valence-corrected chi connectivity index (χ0v) is 11.6. The molecule has 2 amide bonds. The summed E-state index contributed by atoms with van der Waals surface area (Å²) in [5.74, 6) is -1.42. The molecule has 0 spiro atoms. The molecule has 2 rings (SSSR count). The van der Waals surface area contributed by atoms with Crippen molar-refractivity contribution in [3.8, 4) is 0 Å². The fraction of sp³-hybridized carbons (Fsp3) is 0.385. The van der Waals surface area contributed by atoms with E-state index < -0.39 is 23.2 Å². The lowest BCUT2D eigenvalue weighted by molar-refractivity contribution is -0.146. The minimum absolute atomic E-state index is 0.0959. The summed E-state index contributed by atoms with van der Waals surface area (Å²) in [4.78, 5) is 24.6. The van der Waals surface area contributed by atoms with E-state index in [9.17, 15) is 14.0 Å². The SMILES string of the molecule is CC1(C(=O)O)CCN(C(=O)Nc2ccc(F)cc2Cl)C1. The lowest BCUT2D eigenvalue weighted by Crippen LogP contribution is -2.37. The summed E-state index contributed by atoms with van der Waals surface area (Å²) in [7, 11) is 0. The Morgan fingerprint density at radius 1 is 1.50 bits per heavy atom.